The van der Waals surface area contributed by atoms with Crippen molar-refractivity contribution in [3.63, 3.8) is 0 Å². The topological polar surface area (TPSA) is 33.4 Å². The Kier molecular flexibility index (Phi) is 3.93. The van der Waals surface area contributed by atoms with Gasteiger partial charge in [0.1, 0.15) is 0 Å². The van der Waals surface area contributed by atoms with Gasteiger partial charge in [0.2, 0.25) is 0 Å². The van der Waals surface area contributed by atoms with Crippen molar-refractivity contribution < 1.29 is 9.52 Å². The minimum absolute atomic E-state index is 0.0865. The Hall–Kier alpha value is -1.54. The van der Waals surface area contributed by atoms with Gasteiger partial charge in [-0.05, 0) is 30.0 Å². The van der Waals surface area contributed by atoms with E-state index in [1.165, 1.54) is 24.8 Å². The standard InChI is InChI=1S/C18H22O2/c19-17(13-15-9-12-20-14-15)18(10-5-2-6-11-18)16-7-3-1-4-8-16/h1,3-4,7-9,12,14,17,19H,2,5-6,10-11,13H2. The zero-order valence-electron chi connectivity index (χ0n) is 11.8. The normalized spacial score (nSPS) is 19.6. The number of benzene rings is 1. The van der Waals surface area contributed by atoms with Crippen LogP contribution in [0, 0.1) is 0 Å². The van der Waals surface area contributed by atoms with E-state index in [0.29, 0.717) is 6.42 Å². The van der Waals surface area contributed by atoms with Gasteiger partial charge >= 0.3 is 0 Å². The average Bonchev–Trinajstić information content (AvgIpc) is 3.02. The fourth-order valence-electron chi connectivity index (χ4n) is 3.59. The van der Waals surface area contributed by atoms with Gasteiger partial charge in [-0.25, -0.2) is 0 Å². The average molecular weight is 270 g/mol. The molecule has 1 aromatic carbocycles. The van der Waals surface area contributed by atoms with E-state index >= 15 is 0 Å². The highest BCUT2D eigenvalue weighted by Gasteiger charge is 2.40. The van der Waals surface area contributed by atoms with Gasteiger partial charge < -0.3 is 9.52 Å². The van der Waals surface area contributed by atoms with Crippen LogP contribution in [0.25, 0.3) is 0 Å². The highest BCUT2D eigenvalue weighted by Crippen LogP contribution is 2.43. The molecule has 3 rings (SSSR count). The van der Waals surface area contributed by atoms with Crippen molar-refractivity contribution >= 4 is 0 Å². The summed E-state index contributed by atoms with van der Waals surface area (Å²) in [6, 6.07) is 12.5. The molecule has 1 aliphatic rings. The van der Waals surface area contributed by atoms with Gasteiger partial charge in [0, 0.05) is 11.8 Å². The summed E-state index contributed by atoms with van der Waals surface area (Å²) in [5.41, 5.74) is 2.28. The molecule has 1 atom stereocenters. The van der Waals surface area contributed by atoms with Crippen molar-refractivity contribution in [2.75, 3.05) is 0 Å². The number of hydrogen-bond acceptors (Lipinski definition) is 2. The molecular weight excluding hydrogens is 248 g/mol. The highest BCUT2D eigenvalue weighted by atomic mass is 16.3. The second kappa shape index (κ2) is 5.84. The molecule has 2 aromatic rings. The van der Waals surface area contributed by atoms with Crippen LogP contribution in [0.5, 0.6) is 0 Å². The van der Waals surface area contributed by atoms with Crippen LogP contribution in [0.4, 0.5) is 0 Å². The van der Waals surface area contributed by atoms with Crippen molar-refractivity contribution in [1.82, 2.24) is 0 Å². The molecule has 0 bridgehead atoms. The van der Waals surface area contributed by atoms with E-state index in [4.69, 9.17) is 4.42 Å². The Morgan fingerprint density at radius 1 is 1.05 bits per heavy atom. The predicted molar refractivity (Wildman–Crippen MR) is 79.6 cm³/mol. The molecule has 2 heteroatoms. The molecule has 1 saturated carbocycles. The molecular formula is C18H22O2. The first-order chi connectivity index (χ1) is 9.81. The quantitative estimate of drug-likeness (QED) is 0.908. The second-order valence-electron chi connectivity index (χ2n) is 5.93. The van der Waals surface area contributed by atoms with Crippen molar-refractivity contribution in [3.8, 4) is 0 Å². The zero-order valence-corrected chi connectivity index (χ0v) is 11.8. The summed E-state index contributed by atoms with van der Waals surface area (Å²) in [6.45, 7) is 0. The molecule has 0 aliphatic heterocycles. The van der Waals surface area contributed by atoms with Gasteiger partial charge in [-0.3, -0.25) is 0 Å². The lowest BCUT2D eigenvalue weighted by Crippen LogP contribution is -2.42. The second-order valence-corrected chi connectivity index (χ2v) is 5.93. The molecule has 0 saturated heterocycles. The third-order valence-electron chi connectivity index (χ3n) is 4.74. The van der Waals surface area contributed by atoms with Crippen molar-refractivity contribution in [2.45, 2.75) is 50.0 Å². The van der Waals surface area contributed by atoms with Crippen LogP contribution in [0.15, 0.2) is 53.3 Å². The maximum absolute atomic E-state index is 10.9. The third kappa shape index (κ3) is 2.53. The van der Waals surface area contributed by atoms with E-state index in [1.54, 1.807) is 12.5 Å². The predicted octanol–water partition coefficient (Wildman–Crippen LogP) is 4.09. The van der Waals surface area contributed by atoms with Crippen LogP contribution in [0.2, 0.25) is 0 Å². The Morgan fingerprint density at radius 3 is 2.45 bits per heavy atom. The van der Waals surface area contributed by atoms with Crippen molar-refractivity contribution in [1.29, 1.82) is 0 Å². The molecule has 0 spiro atoms. The monoisotopic (exact) mass is 270 g/mol. The lowest BCUT2D eigenvalue weighted by Gasteiger charge is -2.42. The Bertz CT molecular complexity index is 510. The van der Waals surface area contributed by atoms with Crippen LogP contribution in [0.1, 0.15) is 43.2 Å². The maximum Gasteiger partial charge on any atom is 0.0935 e. The number of rotatable bonds is 4. The van der Waals surface area contributed by atoms with Gasteiger partial charge in [0.05, 0.1) is 18.6 Å². The Labute approximate surface area is 120 Å². The van der Waals surface area contributed by atoms with Crippen molar-refractivity contribution in [3.05, 3.63) is 60.1 Å². The van der Waals surface area contributed by atoms with Crippen LogP contribution in [-0.2, 0) is 11.8 Å². The van der Waals surface area contributed by atoms with Crippen LogP contribution in [-0.4, -0.2) is 11.2 Å². The SMILES string of the molecule is OC(Cc1ccoc1)C1(c2ccccc2)CCCCC1. The number of furan rings is 1. The highest BCUT2D eigenvalue weighted by molar-refractivity contribution is 5.29. The first kappa shape index (κ1) is 13.4. The third-order valence-corrected chi connectivity index (χ3v) is 4.74. The largest absolute Gasteiger partial charge is 0.472 e. The van der Waals surface area contributed by atoms with E-state index in [1.807, 2.05) is 12.1 Å². The van der Waals surface area contributed by atoms with Gasteiger partial charge in [0.15, 0.2) is 0 Å². The number of hydrogen-bond donors (Lipinski definition) is 1. The molecule has 0 radical (unpaired) electrons. The summed E-state index contributed by atoms with van der Waals surface area (Å²) in [5, 5.41) is 10.9. The molecule has 2 nitrogen and oxygen atoms in total. The Morgan fingerprint density at radius 2 is 1.80 bits per heavy atom. The summed E-state index contributed by atoms with van der Waals surface area (Å²) in [6.07, 6.45) is 9.60. The molecule has 1 aromatic heterocycles. The molecule has 1 aliphatic carbocycles. The first-order valence-corrected chi connectivity index (χ1v) is 7.56. The molecule has 106 valence electrons. The van der Waals surface area contributed by atoms with Gasteiger partial charge in [-0.1, -0.05) is 49.6 Å². The smallest absolute Gasteiger partial charge is 0.0935 e. The minimum Gasteiger partial charge on any atom is -0.472 e. The van der Waals surface area contributed by atoms with E-state index in [-0.39, 0.29) is 11.5 Å². The van der Waals surface area contributed by atoms with Gasteiger partial charge in [0.25, 0.3) is 0 Å². The molecule has 1 fully saturated rings. The fourth-order valence-corrected chi connectivity index (χ4v) is 3.59. The summed E-state index contributed by atoms with van der Waals surface area (Å²) < 4.78 is 5.13. The molecule has 20 heavy (non-hydrogen) atoms. The van der Waals surface area contributed by atoms with E-state index < -0.39 is 0 Å². The summed E-state index contributed by atoms with van der Waals surface area (Å²) >= 11 is 0. The summed E-state index contributed by atoms with van der Waals surface area (Å²) in [4.78, 5) is 0. The zero-order chi connectivity index (χ0) is 13.8. The molecule has 1 unspecified atom stereocenters. The first-order valence-electron chi connectivity index (χ1n) is 7.56. The number of aliphatic hydroxyl groups excluding tert-OH is 1. The number of aliphatic hydroxyl groups is 1. The van der Waals surface area contributed by atoms with Crippen LogP contribution in [0.3, 0.4) is 0 Å². The summed E-state index contributed by atoms with van der Waals surface area (Å²) in [5.74, 6) is 0. The lowest BCUT2D eigenvalue weighted by atomic mass is 9.65. The van der Waals surface area contributed by atoms with E-state index in [2.05, 4.69) is 24.3 Å². The lowest BCUT2D eigenvalue weighted by molar-refractivity contribution is 0.0538. The van der Waals surface area contributed by atoms with Crippen LogP contribution >= 0.6 is 0 Å². The van der Waals surface area contributed by atoms with Crippen molar-refractivity contribution in [2.24, 2.45) is 0 Å². The maximum atomic E-state index is 10.9. The molecule has 0 amide bonds. The fraction of sp³-hybridized carbons (Fsp3) is 0.444. The van der Waals surface area contributed by atoms with Crippen LogP contribution < -0.4 is 0 Å². The summed E-state index contributed by atoms with van der Waals surface area (Å²) in [7, 11) is 0. The Balaban J connectivity index is 1.89. The van der Waals surface area contributed by atoms with E-state index in [0.717, 1.165) is 18.4 Å². The van der Waals surface area contributed by atoms with E-state index in [9.17, 15) is 5.11 Å². The molecule has 1 N–H and O–H groups in total. The molecule has 1 heterocycles. The van der Waals surface area contributed by atoms with Gasteiger partial charge in [-0.15, -0.1) is 0 Å². The van der Waals surface area contributed by atoms with Gasteiger partial charge in [-0.2, -0.15) is 0 Å². The minimum atomic E-state index is -0.345.